The fourth-order valence-electron chi connectivity index (χ4n) is 4.29. The number of carbonyl (C=O) groups excluding carboxylic acids is 1. The van der Waals surface area contributed by atoms with E-state index >= 15 is 0 Å². The number of hydrogen-bond acceptors (Lipinski definition) is 6. The zero-order valence-corrected chi connectivity index (χ0v) is 20.1. The summed E-state index contributed by atoms with van der Waals surface area (Å²) in [5, 5.41) is 13.9. The molecule has 3 aromatic carbocycles. The molecule has 180 valence electrons. The predicted molar refractivity (Wildman–Crippen MR) is 142 cm³/mol. The number of aromatic hydroxyl groups is 1. The molecule has 0 amide bonds. The van der Waals surface area contributed by atoms with E-state index in [1.807, 2.05) is 66.9 Å². The van der Waals surface area contributed by atoms with Gasteiger partial charge in [0.15, 0.2) is 10.8 Å². The Bertz CT molecular complexity index is 1740. The third-order valence-electron chi connectivity index (χ3n) is 6.07. The number of methoxy groups -OCH3 is 1. The summed E-state index contributed by atoms with van der Waals surface area (Å²) in [5.74, 6) is -0.936. The Labute approximate surface area is 210 Å². The normalized spacial score (nSPS) is 12.4. The number of nitrogens with zero attached hydrogens (tertiary/aromatic N) is 2. The van der Waals surface area contributed by atoms with Crippen molar-refractivity contribution in [2.45, 2.75) is 12.5 Å². The molecule has 0 bridgehead atoms. The molecule has 0 spiro atoms. The number of aliphatic imine (C=N–C) groups is 1. The van der Waals surface area contributed by atoms with E-state index in [-0.39, 0.29) is 22.6 Å². The van der Waals surface area contributed by atoms with Crippen LogP contribution in [0.3, 0.4) is 0 Å². The lowest BCUT2D eigenvalue weighted by Crippen LogP contribution is -2.24. The number of rotatable bonds is 6. The van der Waals surface area contributed by atoms with Crippen LogP contribution >= 0.6 is 12.2 Å². The summed E-state index contributed by atoms with van der Waals surface area (Å²) in [6.07, 6.45) is 3.26. The van der Waals surface area contributed by atoms with Gasteiger partial charge in [0.1, 0.15) is 5.56 Å². The third-order valence-corrected chi connectivity index (χ3v) is 6.36. The minimum absolute atomic E-state index is 0.0364. The number of benzene rings is 3. The second kappa shape index (κ2) is 9.63. The molecule has 1 unspecified atom stereocenters. The number of hydrogen-bond donors (Lipinski definition) is 3. The van der Waals surface area contributed by atoms with E-state index in [9.17, 15) is 14.7 Å². The summed E-state index contributed by atoms with van der Waals surface area (Å²) in [7, 11) is 1.28. The van der Waals surface area contributed by atoms with Gasteiger partial charge in [-0.1, -0.05) is 54.6 Å². The average Bonchev–Trinajstić information content (AvgIpc) is 3.30. The van der Waals surface area contributed by atoms with E-state index in [0.29, 0.717) is 5.69 Å². The Kier molecular flexibility index (Phi) is 6.22. The lowest BCUT2D eigenvalue weighted by Gasteiger charge is -2.14. The number of nitrogens with one attached hydrogen (secondary N) is 2. The molecule has 1 atom stereocenters. The Morgan fingerprint density at radius 1 is 1.11 bits per heavy atom. The lowest BCUT2D eigenvalue weighted by atomic mass is 10.1. The van der Waals surface area contributed by atoms with Gasteiger partial charge in [0.05, 0.1) is 12.8 Å². The molecule has 0 aliphatic carbocycles. The van der Waals surface area contributed by atoms with Crippen molar-refractivity contribution < 1.29 is 14.6 Å². The van der Waals surface area contributed by atoms with Crippen LogP contribution in [0.5, 0.6) is 5.88 Å². The van der Waals surface area contributed by atoms with Crippen LogP contribution in [0.4, 0.5) is 0 Å². The van der Waals surface area contributed by atoms with Gasteiger partial charge in [0.2, 0.25) is 5.88 Å². The second-order valence-electron chi connectivity index (χ2n) is 8.21. The molecule has 0 radical (unpaired) electrons. The number of para-hydroxylation sites is 1. The molecular formula is C27H22N4O4S. The molecule has 2 heterocycles. The van der Waals surface area contributed by atoms with Gasteiger partial charge in [0, 0.05) is 35.1 Å². The third kappa shape index (κ3) is 4.20. The van der Waals surface area contributed by atoms with Crippen molar-refractivity contribution in [3.63, 3.8) is 0 Å². The second-order valence-corrected chi connectivity index (χ2v) is 8.60. The number of fused-ring (bicyclic) bond motifs is 2. The van der Waals surface area contributed by atoms with E-state index in [4.69, 9.17) is 17.0 Å². The first kappa shape index (κ1) is 23.3. The highest BCUT2D eigenvalue weighted by molar-refractivity contribution is 7.71. The molecule has 8 nitrogen and oxygen atoms in total. The van der Waals surface area contributed by atoms with E-state index in [1.165, 1.54) is 17.9 Å². The minimum Gasteiger partial charge on any atom is -0.494 e. The van der Waals surface area contributed by atoms with Gasteiger partial charge in [-0.2, -0.15) is 0 Å². The van der Waals surface area contributed by atoms with Crippen LogP contribution < -0.4 is 5.56 Å². The molecular weight excluding hydrogens is 476 g/mol. The molecule has 9 heteroatoms. The summed E-state index contributed by atoms with van der Waals surface area (Å²) < 4.78 is 6.37. The molecule has 2 aromatic heterocycles. The highest BCUT2D eigenvalue weighted by Gasteiger charge is 2.21. The quantitative estimate of drug-likeness (QED) is 0.182. The maximum Gasteiger partial charge on any atom is 0.330 e. The molecule has 0 saturated heterocycles. The SMILES string of the molecule is COC(=O)C(Cc1c[nH]c2ccccc12)N=Cc1c(O)n(-c2cccc3ccccc23)c(=S)[nH]c1=O. The van der Waals surface area contributed by atoms with Gasteiger partial charge in [-0.3, -0.25) is 19.3 Å². The van der Waals surface area contributed by atoms with Crippen molar-refractivity contribution in [3.8, 4) is 11.6 Å². The van der Waals surface area contributed by atoms with Crippen LogP contribution in [-0.2, 0) is 16.0 Å². The lowest BCUT2D eigenvalue weighted by molar-refractivity contribution is -0.142. The van der Waals surface area contributed by atoms with Gasteiger partial charge in [-0.25, -0.2) is 4.79 Å². The molecule has 3 N–H and O–H groups in total. The van der Waals surface area contributed by atoms with Gasteiger partial charge >= 0.3 is 5.97 Å². The van der Waals surface area contributed by atoms with Crippen molar-refractivity contribution in [2.75, 3.05) is 7.11 Å². The van der Waals surface area contributed by atoms with Crippen LogP contribution in [0, 0.1) is 4.77 Å². The van der Waals surface area contributed by atoms with Crippen molar-refractivity contribution in [1.82, 2.24) is 14.5 Å². The molecule has 0 aliphatic rings. The van der Waals surface area contributed by atoms with Gasteiger partial charge in [0.25, 0.3) is 5.56 Å². The highest BCUT2D eigenvalue weighted by Crippen LogP contribution is 2.26. The Hall–Kier alpha value is -4.50. The van der Waals surface area contributed by atoms with Crippen molar-refractivity contribution in [2.24, 2.45) is 4.99 Å². The van der Waals surface area contributed by atoms with Crippen LogP contribution in [0.25, 0.3) is 27.4 Å². The van der Waals surface area contributed by atoms with E-state index in [1.54, 1.807) is 6.07 Å². The first-order valence-electron chi connectivity index (χ1n) is 11.2. The zero-order valence-electron chi connectivity index (χ0n) is 19.3. The van der Waals surface area contributed by atoms with Gasteiger partial charge in [-0.05, 0) is 35.3 Å². The number of H-pyrrole nitrogens is 2. The first-order chi connectivity index (χ1) is 17.5. The van der Waals surface area contributed by atoms with Crippen LogP contribution in [-0.4, -0.2) is 45.0 Å². The van der Waals surface area contributed by atoms with Crippen molar-refractivity contribution in [1.29, 1.82) is 0 Å². The van der Waals surface area contributed by atoms with Crippen LogP contribution in [0.2, 0.25) is 0 Å². The fraction of sp³-hybridized carbons (Fsp3) is 0.111. The first-order valence-corrected chi connectivity index (χ1v) is 11.6. The van der Waals surface area contributed by atoms with Crippen molar-refractivity contribution in [3.05, 3.63) is 99.2 Å². The summed E-state index contributed by atoms with van der Waals surface area (Å²) in [5.41, 5.74) is 1.68. The van der Waals surface area contributed by atoms with Crippen molar-refractivity contribution >= 4 is 46.1 Å². The largest absolute Gasteiger partial charge is 0.494 e. The molecule has 0 saturated carbocycles. The Balaban J connectivity index is 1.57. The molecule has 0 aliphatic heterocycles. The Morgan fingerprint density at radius 3 is 2.64 bits per heavy atom. The fourth-order valence-corrected chi connectivity index (χ4v) is 4.57. The zero-order chi connectivity index (χ0) is 25.2. The summed E-state index contributed by atoms with van der Waals surface area (Å²) >= 11 is 5.37. The van der Waals surface area contributed by atoms with Crippen LogP contribution in [0.1, 0.15) is 11.1 Å². The number of carbonyl (C=O) groups is 1. The monoisotopic (exact) mass is 498 g/mol. The molecule has 36 heavy (non-hydrogen) atoms. The number of aromatic nitrogens is 3. The van der Waals surface area contributed by atoms with Gasteiger partial charge in [-0.15, -0.1) is 0 Å². The van der Waals surface area contributed by atoms with E-state index in [0.717, 1.165) is 27.2 Å². The van der Waals surface area contributed by atoms with E-state index < -0.39 is 17.6 Å². The Morgan fingerprint density at radius 2 is 1.83 bits per heavy atom. The van der Waals surface area contributed by atoms with E-state index in [2.05, 4.69) is 15.0 Å². The summed E-state index contributed by atoms with van der Waals surface area (Å²) in [6, 6.07) is 20.0. The number of aromatic amines is 2. The maximum absolute atomic E-state index is 12.7. The minimum atomic E-state index is -0.929. The highest BCUT2D eigenvalue weighted by atomic mass is 32.1. The molecule has 5 aromatic rings. The van der Waals surface area contributed by atoms with Gasteiger partial charge < -0.3 is 14.8 Å². The molecule has 0 fully saturated rings. The summed E-state index contributed by atoms with van der Waals surface area (Å²) in [4.78, 5) is 35.4. The number of esters is 1. The molecule has 5 rings (SSSR count). The maximum atomic E-state index is 12.7. The number of ether oxygens (including phenoxy) is 1. The average molecular weight is 499 g/mol. The standard InChI is InChI=1S/C27H22N4O4S/c1-35-26(34)22(13-17-14-28-21-11-5-4-9-18(17)21)29-15-20-24(32)30-27(36)31(25(20)33)23-12-6-8-16-7-2-3-10-19(16)23/h2-12,14-15,22,28,33H,13H2,1H3,(H,30,32,36). The topological polar surface area (TPSA) is 112 Å². The predicted octanol–water partition coefficient (Wildman–Crippen LogP) is 4.44. The summed E-state index contributed by atoms with van der Waals surface area (Å²) in [6.45, 7) is 0. The van der Waals surface area contributed by atoms with Crippen LogP contribution in [0.15, 0.2) is 82.7 Å². The smallest absolute Gasteiger partial charge is 0.330 e.